The molecule has 0 unspecified atom stereocenters. The van der Waals surface area contributed by atoms with Crippen molar-refractivity contribution in [1.82, 2.24) is 9.88 Å². The van der Waals surface area contributed by atoms with Crippen LogP contribution in [0, 0.1) is 6.92 Å². The number of hydrogen-bond donors (Lipinski definition) is 2. The van der Waals surface area contributed by atoms with Crippen molar-refractivity contribution in [1.29, 1.82) is 0 Å². The van der Waals surface area contributed by atoms with E-state index in [4.69, 9.17) is 4.42 Å². The zero-order valence-corrected chi connectivity index (χ0v) is 12.8. The number of amides is 2. The zero-order valence-electron chi connectivity index (χ0n) is 12.8. The molecule has 2 N–H and O–H groups in total. The van der Waals surface area contributed by atoms with Crippen LogP contribution in [0.25, 0.3) is 0 Å². The first-order chi connectivity index (χ1) is 10.6. The van der Waals surface area contributed by atoms with Gasteiger partial charge >= 0.3 is 6.03 Å². The summed E-state index contributed by atoms with van der Waals surface area (Å²) in [5, 5.41) is 12.3. The third kappa shape index (κ3) is 4.08. The maximum atomic E-state index is 12.5. The van der Waals surface area contributed by atoms with Crippen molar-refractivity contribution in [2.24, 2.45) is 0 Å². The summed E-state index contributed by atoms with van der Waals surface area (Å²) >= 11 is 0. The number of aliphatic hydroxyl groups excluding tert-OH is 1. The summed E-state index contributed by atoms with van der Waals surface area (Å²) in [6.07, 6.45) is 3.82. The SMILES string of the molecule is CC[C@@H](CO)N(Cc1ccco1)C(=O)Nc1ccc(C)nc1. The van der Waals surface area contributed by atoms with Gasteiger partial charge < -0.3 is 19.7 Å². The van der Waals surface area contributed by atoms with Crippen molar-refractivity contribution < 1.29 is 14.3 Å². The maximum Gasteiger partial charge on any atom is 0.322 e. The van der Waals surface area contributed by atoms with Crippen LogP contribution < -0.4 is 5.32 Å². The molecule has 0 aliphatic rings. The predicted octanol–water partition coefficient (Wildman–Crippen LogP) is 2.79. The first-order valence-electron chi connectivity index (χ1n) is 7.27. The Labute approximate surface area is 129 Å². The highest BCUT2D eigenvalue weighted by Gasteiger charge is 2.23. The van der Waals surface area contributed by atoms with E-state index in [0.29, 0.717) is 24.4 Å². The number of carbonyl (C=O) groups excluding carboxylic acids is 1. The second-order valence-electron chi connectivity index (χ2n) is 5.07. The molecule has 1 atom stereocenters. The summed E-state index contributed by atoms with van der Waals surface area (Å²) in [6, 6.07) is 6.64. The molecule has 6 nitrogen and oxygen atoms in total. The average Bonchev–Trinajstić information content (AvgIpc) is 3.03. The number of furan rings is 1. The Morgan fingerprint density at radius 3 is 2.82 bits per heavy atom. The molecule has 2 aromatic heterocycles. The van der Waals surface area contributed by atoms with Crippen LogP contribution in [0.3, 0.4) is 0 Å². The number of aliphatic hydroxyl groups is 1. The lowest BCUT2D eigenvalue weighted by Crippen LogP contribution is -2.44. The van der Waals surface area contributed by atoms with Crippen molar-refractivity contribution in [3.05, 3.63) is 48.2 Å². The van der Waals surface area contributed by atoms with E-state index in [0.717, 1.165) is 5.69 Å². The van der Waals surface area contributed by atoms with Crippen molar-refractivity contribution >= 4 is 11.7 Å². The van der Waals surface area contributed by atoms with E-state index in [2.05, 4.69) is 10.3 Å². The molecule has 2 aromatic rings. The molecule has 0 saturated heterocycles. The minimum absolute atomic E-state index is 0.100. The Morgan fingerprint density at radius 2 is 2.27 bits per heavy atom. The van der Waals surface area contributed by atoms with Crippen molar-refractivity contribution in [2.45, 2.75) is 32.9 Å². The first-order valence-corrected chi connectivity index (χ1v) is 7.27. The van der Waals surface area contributed by atoms with Gasteiger partial charge in [0.2, 0.25) is 0 Å². The molecule has 0 aromatic carbocycles. The number of aromatic nitrogens is 1. The van der Waals surface area contributed by atoms with Gasteiger partial charge in [0.25, 0.3) is 0 Å². The molecule has 0 radical (unpaired) electrons. The number of nitrogens with one attached hydrogen (secondary N) is 1. The fraction of sp³-hybridized carbons (Fsp3) is 0.375. The summed E-state index contributed by atoms with van der Waals surface area (Å²) < 4.78 is 5.30. The Morgan fingerprint density at radius 1 is 1.45 bits per heavy atom. The topological polar surface area (TPSA) is 78.6 Å². The molecule has 22 heavy (non-hydrogen) atoms. The molecule has 0 saturated carbocycles. The largest absolute Gasteiger partial charge is 0.467 e. The number of anilines is 1. The van der Waals surface area contributed by atoms with Crippen LogP contribution in [0.5, 0.6) is 0 Å². The van der Waals surface area contributed by atoms with Gasteiger partial charge in [-0.15, -0.1) is 0 Å². The molecule has 2 heterocycles. The fourth-order valence-corrected chi connectivity index (χ4v) is 2.12. The van der Waals surface area contributed by atoms with Crippen LogP contribution in [0.1, 0.15) is 24.8 Å². The van der Waals surface area contributed by atoms with E-state index in [1.165, 1.54) is 0 Å². The number of urea groups is 1. The lowest BCUT2D eigenvalue weighted by Gasteiger charge is -2.29. The third-order valence-corrected chi connectivity index (χ3v) is 3.45. The van der Waals surface area contributed by atoms with Crippen LogP contribution in [-0.2, 0) is 6.54 Å². The Hall–Kier alpha value is -2.34. The summed E-state index contributed by atoms with van der Waals surface area (Å²) in [7, 11) is 0. The number of pyridine rings is 1. The van der Waals surface area contributed by atoms with E-state index >= 15 is 0 Å². The second kappa shape index (κ2) is 7.61. The fourth-order valence-electron chi connectivity index (χ4n) is 2.12. The number of nitrogens with zero attached hydrogens (tertiary/aromatic N) is 2. The standard InChI is InChI=1S/C16H21N3O3/c1-3-14(11-20)19(10-15-5-4-8-22-15)16(21)18-13-7-6-12(2)17-9-13/h4-9,14,20H,3,10-11H2,1-2H3,(H,18,21)/t14-/m0/s1. The van der Waals surface area contributed by atoms with E-state index in [1.807, 2.05) is 19.9 Å². The van der Waals surface area contributed by atoms with Gasteiger partial charge in [-0.05, 0) is 37.6 Å². The molecule has 6 heteroatoms. The van der Waals surface area contributed by atoms with Crippen LogP contribution in [-0.4, -0.2) is 33.7 Å². The van der Waals surface area contributed by atoms with Gasteiger partial charge in [-0.1, -0.05) is 6.92 Å². The summed E-state index contributed by atoms with van der Waals surface area (Å²) in [4.78, 5) is 18.2. The molecule has 0 spiro atoms. The highest BCUT2D eigenvalue weighted by Crippen LogP contribution is 2.14. The Bertz CT molecular complexity index is 577. The van der Waals surface area contributed by atoms with Gasteiger partial charge in [-0.25, -0.2) is 4.79 Å². The normalized spacial score (nSPS) is 12.0. The summed E-state index contributed by atoms with van der Waals surface area (Å²) in [5.41, 5.74) is 1.50. The van der Waals surface area contributed by atoms with E-state index < -0.39 is 0 Å². The molecular formula is C16H21N3O3. The zero-order chi connectivity index (χ0) is 15.9. The van der Waals surface area contributed by atoms with Crippen molar-refractivity contribution in [3.8, 4) is 0 Å². The first kappa shape index (κ1) is 16.0. The molecule has 118 valence electrons. The maximum absolute atomic E-state index is 12.5. The van der Waals surface area contributed by atoms with Gasteiger partial charge in [0.15, 0.2) is 0 Å². The number of rotatable bonds is 6. The average molecular weight is 303 g/mol. The van der Waals surface area contributed by atoms with Gasteiger partial charge in [-0.2, -0.15) is 0 Å². The minimum Gasteiger partial charge on any atom is -0.467 e. The summed E-state index contributed by atoms with van der Waals surface area (Å²) in [6.45, 7) is 4.01. The lowest BCUT2D eigenvalue weighted by atomic mass is 10.2. The second-order valence-corrected chi connectivity index (χ2v) is 5.07. The van der Waals surface area contributed by atoms with Gasteiger partial charge in [0, 0.05) is 5.69 Å². The van der Waals surface area contributed by atoms with Gasteiger partial charge in [-0.3, -0.25) is 4.98 Å². The lowest BCUT2D eigenvalue weighted by molar-refractivity contribution is 0.129. The number of hydrogen-bond acceptors (Lipinski definition) is 4. The van der Waals surface area contributed by atoms with E-state index in [1.54, 1.807) is 35.6 Å². The molecule has 2 rings (SSSR count). The third-order valence-electron chi connectivity index (χ3n) is 3.45. The highest BCUT2D eigenvalue weighted by atomic mass is 16.3. The number of aryl methyl sites for hydroxylation is 1. The highest BCUT2D eigenvalue weighted by molar-refractivity contribution is 5.89. The number of carbonyl (C=O) groups is 1. The molecule has 0 fully saturated rings. The smallest absolute Gasteiger partial charge is 0.322 e. The molecule has 0 bridgehead atoms. The van der Waals surface area contributed by atoms with Crippen LogP contribution in [0.2, 0.25) is 0 Å². The predicted molar refractivity (Wildman–Crippen MR) is 83.4 cm³/mol. The van der Waals surface area contributed by atoms with Gasteiger partial charge in [0.1, 0.15) is 5.76 Å². The van der Waals surface area contributed by atoms with Gasteiger partial charge in [0.05, 0.1) is 37.3 Å². The van der Waals surface area contributed by atoms with Crippen molar-refractivity contribution in [3.63, 3.8) is 0 Å². The van der Waals surface area contributed by atoms with E-state index in [-0.39, 0.29) is 18.7 Å². The van der Waals surface area contributed by atoms with Crippen LogP contribution in [0.4, 0.5) is 10.5 Å². The quantitative estimate of drug-likeness (QED) is 0.860. The monoisotopic (exact) mass is 303 g/mol. The molecule has 0 aliphatic carbocycles. The minimum atomic E-state index is -0.289. The summed E-state index contributed by atoms with van der Waals surface area (Å²) in [5.74, 6) is 0.670. The molecular weight excluding hydrogens is 282 g/mol. The van der Waals surface area contributed by atoms with E-state index in [9.17, 15) is 9.90 Å². The Kier molecular flexibility index (Phi) is 5.55. The van der Waals surface area contributed by atoms with Crippen molar-refractivity contribution in [2.75, 3.05) is 11.9 Å². The Balaban J connectivity index is 2.12. The molecule has 0 aliphatic heterocycles. The molecule has 2 amide bonds. The van der Waals surface area contributed by atoms with Crippen LogP contribution >= 0.6 is 0 Å². The van der Waals surface area contributed by atoms with Crippen LogP contribution in [0.15, 0.2) is 41.1 Å².